The summed E-state index contributed by atoms with van der Waals surface area (Å²) in [5.41, 5.74) is 21.4. The van der Waals surface area contributed by atoms with Crippen LogP contribution < -0.4 is 0 Å². The maximum absolute atomic E-state index is 5.04. The molecule has 0 radical (unpaired) electrons. The number of aromatic nitrogens is 6. The number of rotatable bonds is 4. The number of imidazole rings is 1. The summed E-state index contributed by atoms with van der Waals surface area (Å²) in [5.74, 6) is 1.08. The van der Waals surface area contributed by atoms with Crippen LogP contribution in [-0.4, -0.2) is 34.5 Å². The molecule has 0 amide bonds. The highest BCUT2D eigenvalue weighted by molar-refractivity contribution is 14.1. The number of benzene rings is 12. The molecule has 7 nitrogen and oxygen atoms in total. The van der Waals surface area contributed by atoms with Crippen molar-refractivity contribution in [3.63, 3.8) is 0 Å². The number of para-hydroxylation sites is 9. The minimum absolute atomic E-state index is 0.841. The second kappa shape index (κ2) is 20.1. The first-order chi connectivity index (χ1) is 41.1. The van der Waals surface area contributed by atoms with Crippen LogP contribution in [0.2, 0.25) is 0 Å². The summed E-state index contributed by atoms with van der Waals surface area (Å²) in [7, 11) is 0. The minimum atomic E-state index is 0.841. The maximum atomic E-state index is 5.04. The Balaban J connectivity index is 0.000000119. The van der Waals surface area contributed by atoms with E-state index in [-0.39, 0.29) is 0 Å². The van der Waals surface area contributed by atoms with Gasteiger partial charge < -0.3 is 19.1 Å². The molecule has 17 aromatic rings. The Morgan fingerprint density at radius 2 is 0.723 bits per heavy atom. The van der Waals surface area contributed by atoms with Crippen LogP contribution in [0.5, 0.6) is 0 Å². The van der Waals surface area contributed by atoms with E-state index in [1.165, 1.54) is 126 Å². The quantitative estimate of drug-likeness (QED) is 0.169. The van der Waals surface area contributed by atoms with Gasteiger partial charge in [-0.2, -0.15) is 0 Å². The average molecular weight is 1180 g/mol. The van der Waals surface area contributed by atoms with E-state index in [9.17, 15) is 0 Å². The SMILES string of the molecule is Ic1nc2ccccc2[nH]1.c1ccc(-n2c3ccccc3c3cc(-c4ccc5[nH]c6ccccc6c5c4)ccc32)cc1.c1ccc(-n2c3ccccc3c3cc(-c4ccc5c(c4)c4ccccc4n5C4=Nc5ccccc5C4)ccc32)cc1. The number of nitrogens with one attached hydrogen (secondary N) is 2. The van der Waals surface area contributed by atoms with Gasteiger partial charge in [0, 0.05) is 71.9 Å². The van der Waals surface area contributed by atoms with E-state index < -0.39 is 0 Å². The van der Waals surface area contributed by atoms with Crippen molar-refractivity contribution in [2.24, 2.45) is 4.99 Å². The molecule has 0 bridgehead atoms. The normalized spacial score (nSPS) is 12.2. The molecule has 1 aliphatic heterocycles. The molecule has 0 saturated heterocycles. The summed E-state index contributed by atoms with van der Waals surface area (Å²) in [6.07, 6.45) is 0.841. The van der Waals surface area contributed by atoms with Crippen LogP contribution >= 0.6 is 22.6 Å². The summed E-state index contributed by atoms with van der Waals surface area (Å²) in [6, 6.07) is 99.6. The number of fused-ring (bicyclic) bond motifs is 14. The zero-order chi connectivity index (χ0) is 55.0. The number of aliphatic imine (C=N–C) groups is 1. The van der Waals surface area contributed by atoms with Crippen molar-refractivity contribution in [3.05, 3.63) is 288 Å². The molecule has 8 heteroatoms. The highest BCUT2D eigenvalue weighted by atomic mass is 127. The van der Waals surface area contributed by atoms with Gasteiger partial charge in [-0.1, -0.05) is 164 Å². The Bertz CT molecular complexity index is 5350. The Kier molecular flexibility index (Phi) is 11.7. The third kappa shape index (κ3) is 8.40. The van der Waals surface area contributed by atoms with Crippen molar-refractivity contribution in [2.45, 2.75) is 6.42 Å². The molecule has 0 fully saturated rings. The molecule has 0 unspecified atom stereocenters. The first kappa shape index (κ1) is 48.6. The molecule has 18 rings (SSSR count). The van der Waals surface area contributed by atoms with Gasteiger partial charge >= 0.3 is 0 Å². The van der Waals surface area contributed by atoms with E-state index in [4.69, 9.17) is 4.99 Å². The molecule has 2 N–H and O–H groups in total. The van der Waals surface area contributed by atoms with E-state index in [1.807, 2.05) is 24.3 Å². The first-order valence-electron chi connectivity index (χ1n) is 28.0. The van der Waals surface area contributed by atoms with Crippen LogP contribution in [-0.2, 0) is 6.42 Å². The topological polar surface area (TPSA) is 71.6 Å². The fourth-order valence-corrected chi connectivity index (χ4v) is 13.2. The van der Waals surface area contributed by atoms with Crippen molar-refractivity contribution in [2.75, 3.05) is 0 Å². The highest BCUT2D eigenvalue weighted by Crippen LogP contribution is 2.40. The van der Waals surface area contributed by atoms with Crippen molar-refractivity contribution >= 4 is 132 Å². The monoisotopic (exact) mass is 1180 g/mol. The van der Waals surface area contributed by atoms with Gasteiger partial charge in [-0.05, 0) is 166 Å². The van der Waals surface area contributed by atoms with Gasteiger partial charge in [0.25, 0.3) is 0 Å². The van der Waals surface area contributed by atoms with Crippen molar-refractivity contribution in [3.8, 4) is 33.6 Å². The summed E-state index contributed by atoms with van der Waals surface area (Å²) in [4.78, 5) is 15.9. The lowest BCUT2D eigenvalue weighted by Crippen LogP contribution is -2.11. The lowest BCUT2D eigenvalue weighted by atomic mass is 10.0. The molecule has 0 atom stereocenters. The van der Waals surface area contributed by atoms with Gasteiger partial charge in [-0.3, -0.25) is 4.57 Å². The molecular weight excluding hydrogens is 1130 g/mol. The first-order valence-corrected chi connectivity index (χ1v) is 29.1. The molecule has 12 aromatic carbocycles. The highest BCUT2D eigenvalue weighted by Gasteiger charge is 2.22. The number of nitrogens with zero attached hydrogens (tertiary/aromatic N) is 5. The molecule has 392 valence electrons. The van der Waals surface area contributed by atoms with E-state index in [2.05, 4.69) is 306 Å². The Labute approximate surface area is 491 Å². The number of hydrogen-bond donors (Lipinski definition) is 2. The summed E-state index contributed by atoms with van der Waals surface area (Å²) in [5, 5.41) is 10.1. The van der Waals surface area contributed by atoms with E-state index in [0.717, 1.165) is 32.8 Å². The zero-order valence-corrected chi connectivity index (χ0v) is 47.0. The average Bonchev–Trinajstić information content (AvgIpc) is 2.45. The van der Waals surface area contributed by atoms with Crippen LogP contribution in [0.4, 0.5) is 5.69 Å². The summed E-state index contributed by atoms with van der Waals surface area (Å²) >= 11 is 2.17. The smallest absolute Gasteiger partial charge is 0.169 e. The van der Waals surface area contributed by atoms with Gasteiger partial charge in [0.1, 0.15) is 5.84 Å². The van der Waals surface area contributed by atoms with Crippen LogP contribution in [0.1, 0.15) is 5.56 Å². The molecule has 0 spiro atoms. The van der Waals surface area contributed by atoms with Crippen molar-refractivity contribution < 1.29 is 0 Å². The molecule has 83 heavy (non-hydrogen) atoms. The zero-order valence-electron chi connectivity index (χ0n) is 44.9. The Morgan fingerprint density at radius 3 is 1.28 bits per heavy atom. The standard InChI is InChI=1S/C38H25N3.C30H20N2.C7H5IN2/c1-2-11-28(12-3-1)40-34-16-8-5-13-29(34)31-22-25(18-20-36(31)40)26-19-21-37-32(23-26)30-14-6-9-17-35(30)41(37)38-24-27-10-4-7-15-33(27)39-38;1-2-8-22(9-3-1)32-29-13-7-5-11-24(29)26-19-21(15-17-30(26)32)20-14-16-28-25(18-20)23-10-4-6-12-27(23)31-28;8-7-9-5-3-1-2-4-6(5)10-7/h1-23H,24H2;1-19,31H;1-4H,(H,9,10). The van der Waals surface area contributed by atoms with Crippen molar-refractivity contribution in [1.82, 2.24) is 28.7 Å². The summed E-state index contributed by atoms with van der Waals surface area (Å²) in [6.45, 7) is 0. The van der Waals surface area contributed by atoms with Gasteiger partial charge in [-0.25, -0.2) is 9.98 Å². The number of halogens is 1. The van der Waals surface area contributed by atoms with E-state index in [0.29, 0.717) is 0 Å². The van der Waals surface area contributed by atoms with Crippen LogP contribution in [0.25, 0.3) is 132 Å². The fraction of sp³-hybridized carbons (Fsp3) is 0.0133. The Morgan fingerprint density at radius 1 is 0.313 bits per heavy atom. The summed E-state index contributed by atoms with van der Waals surface area (Å²) < 4.78 is 8.02. The Hall–Kier alpha value is -10.3. The second-order valence-electron chi connectivity index (χ2n) is 21.2. The third-order valence-corrected chi connectivity index (χ3v) is 16.9. The largest absolute Gasteiger partial charge is 0.355 e. The molecule has 0 saturated carbocycles. The number of H-pyrrole nitrogens is 2. The third-order valence-electron chi connectivity index (χ3n) is 16.4. The maximum Gasteiger partial charge on any atom is 0.169 e. The van der Waals surface area contributed by atoms with Crippen LogP contribution in [0.3, 0.4) is 0 Å². The molecule has 0 aliphatic carbocycles. The lowest BCUT2D eigenvalue weighted by Gasteiger charge is -2.09. The lowest BCUT2D eigenvalue weighted by molar-refractivity contribution is 1.18. The fourth-order valence-electron chi connectivity index (χ4n) is 12.6. The van der Waals surface area contributed by atoms with Gasteiger partial charge in [0.15, 0.2) is 3.83 Å². The predicted molar refractivity (Wildman–Crippen MR) is 356 cm³/mol. The van der Waals surface area contributed by atoms with Crippen molar-refractivity contribution in [1.29, 1.82) is 0 Å². The minimum Gasteiger partial charge on any atom is -0.355 e. The molecule has 5 aromatic heterocycles. The molecule has 6 heterocycles. The predicted octanol–water partition coefficient (Wildman–Crippen LogP) is 19.9. The molecular formula is C75H50IN7. The van der Waals surface area contributed by atoms with Gasteiger partial charge in [-0.15, -0.1) is 0 Å². The number of aromatic amines is 2. The molecule has 1 aliphatic rings. The van der Waals surface area contributed by atoms with Crippen LogP contribution in [0, 0.1) is 3.83 Å². The van der Waals surface area contributed by atoms with E-state index in [1.54, 1.807) is 0 Å². The van der Waals surface area contributed by atoms with Gasteiger partial charge in [0.05, 0.1) is 49.8 Å². The van der Waals surface area contributed by atoms with Gasteiger partial charge in [0.2, 0.25) is 0 Å². The number of hydrogen-bond acceptors (Lipinski definition) is 2. The van der Waals surface area contributed by atoms with Crippen LogP contribution in [0.15, 0.2) is 284 Å². The second-order valence-corrected chi connectivity index (χ2v) is 22.3. The van der Waals surface area contributed by atoms with E-state index >= 15 is 0 Å².